The van der Waals surface area contributed by atoms with Crippen LogP contribution in [0.2, 0.25) is 0 Å². The summed E-state index contributed by atoms with van der Waals surface area (Å²) in [6.07, 6.45) is 5.58. The minimum Gasteiger partial charge on any atom is -0.380 e. The number of hydrogen-bond donors (Lipinski definition) is 0. The fourth-order valence-electron chi connectivity index (χ4n) is 1.62. The molecule has 0 spiro atoms. The Labute approximate surface area is 99.1 Å². The van der Waals surface area contributed by atoms with Crippen LogP contribution in [-0.2, 0) is 9.53 Å². The molecule has 0 aromatic rings. The average molecular weight is 227 g/mol. The van der Waals surface area contributed by atoms with Crippen molar-refractivity contribution >= 4 is 5.78 Å². The molecule has 0 aromatic heterocycles. The van der Waals surface area contributed by atoms with Crippen molar-refractivity contribution in [3.63, 3.8) is 0 Å². The number of likely N-dealkylation sites (N-methyl/N-ethyl adjacent to an activating group) is 1. The third-order valence-corrected chi connectivity index (χ3v) is 2.99. The number of carbonyl (C=O) groups is 1. The Morgan fingerprint density at radius 1 is 1.31 bits per heavy atom. The predicted octanol–water partition coefficient (Wildman–Crippen LogP) is 2.10. The summed E-state index contributed by atoms with van der Waals surface area (Å²) in [4.78, 5) is 13.0. The lowest BCUT2D eigenvalue weighted by Gasteiger charge is -2.16. The van der Waals surface area contributed by atoms with Crippen molar-refractivity contribution in [3.05, 3.63) is 0 Å². The lowest BCUT2D eigenvalue weighted by Crippen LogP contribution is -2.24. The van der Waals surface area contributed by atoms with E-state index in [0.717, 1.165) is 51.5 Å². The van der Waals surface area contributed by atoms with Crippen molar-refractivity contribution in [1.82, 2.24) is 4.90 Å². The molecule has 0 atom stereocenters. The van der Waals surface area contributed by atoms with Gasteiger partial charge >= 0.3 is 0 Å². The van der Waals surface area contributed by atoms with E-state index in [4.69, 9.17) is 4.74 Å². The maximum absolute atomic E-state index is 10.7. The molecule has 0 radical (unpaired) electrons. The van der Waals surface area contributed by atoms with E-state index < -0.39 is 0 Å². The molecule has 0 bridgehead atoms. The quantitative estimate of drug-likeness (QED) is 0.535. The second-order valence-corrected chi connectivity index (χ2v) is 4.98. The van der Waals surface area contributed by atoms with Gasteiger partial charge in [-0.1, -0.05) is 0 Å². The number of ketones is 1. The highest BCUT2D eigenvalue weighted by atomic mass is 16.5. The van der Waals surface area contributed by atoms with Gasteiger partial charge in [-0.2, -0.15) is 0 Å². The molecule has 0 unspecified atom stereocenters. The molecule has 1 rings (SSSR count). The Bertz CT molecular complexity index is 202. The number of rotatable bonds is 10. The zero-order chi connectivity index (χ0) is 11.8. The third kappa shape index (κ3) is 7.83. The molecule has 16 heavy (non-hydrogen) atoms. The lowest BCUT2D eigenvalue weighted by molar-refractivity contribution is -0.117. The molecule has 0 N–H and O–H groups in total. The third-order valence-electron chi connectivity index (χ3n) is 2.99. The van der Waals surface area contributed by atoms with E-state index in [1.807, 2.05) is 0 Å². The largest absolute Gasteiger partial charge is 0.380 e. The van der Waals surface area contributed by atoms with Crippen LogP contribution in [0.3, 0.4) is 0 Å². The van der Waals surface area contributed by atoms with Crippen molar-refractivity contribution in [1.29, 1.82) is 0 Å². The zero-order valence-corrected chi connectivity index (χ0v) is 10.7. The topological polar surface area (TPSA) is 29.5 Å². The molecule has 1 fully saturated rings. The lowest BCUT2D eigenvalue weighted by atomic mass is 10.2. The predicted molar refractivity (Wildman–Crippen MR) is 65.6 cm³/mol. The smallest absolute Gasteiger partial charge is 0.129 e. The van der Waals surface area contributed by atoms with E-state index in [0.29, 0.717) is 5.78 Å². The Hall–Kier alpha value is -0.410. The summed E-state index contributed by atoms with van der Waals surface area (Å²) in [6.45, 7) is 5.54. The Kier molecular flexibility index (Phi) is 6.65. The SMILES string of the molecule is CC(=O)CCCCN(C)CCOCC1CC1. The molecule has 1 saturated carbocycles. The van der Waals surface area contributed by atoms with Gasteiger partial charge in [-0.25, -0.2) is 0 Å². The van der Waals surface area contributed by atoms with E-state index in [1.54, 1.807) is 6.92 Å². The Balaban J connectivity index is 1.81. The summed E-state index contributed by atoms with van der Waals surface area (Å²) in [6, 6.07) is 0. The van der Waals surface area contributed by atoms with Crippen molar-refractivity contribution in [3.8, 4) is 0 Å². The number of ether oxygens (including phenoxy) is 1. The van der Waals surface area contributed by atoms with Crippen LogP contribution in [0.4, 0.5) is 0 Å². The summed E-state index contributed by atoms with van der Waals surface area (Å²) in [5, 5.41) is 0. The van der Waals surface area contributed by atoms with Gasteiger partial charge in [0.15, 0.2) is 0 Å². The molecule has 3 nitrogen and oxygen atoms in total. The van der Waals surface area contributed by atoms with E-state index in [-0.39, 0.29) is 0 Å². The fourth-order valence-corrected chi connectivity index (χ4v) is 1.62. The van der Waals surface area contributed by atoms with Crippen molar-refractivity contribution in [2.75, 3.05) is 33.4 Å². The van der Waals surface area contributed by atoms with Crippen LogP contribution >= 0.6 is 0 Å². The van der Waals surface area contributed by atoms with Crippen molar-refractivity contribution < 1.29 is 9.53 Å². The van der Waals surface area contributed by atoms with Gasteiger partial charge in [0.25, 0.3) is 0 Å². The van der Waals surface area contributed by atoms with E-state index in [1.165, 1.54) is 12.8 Å². The molecule has 0 aromatic carbocycles. The highest BCUT2D eigenvalue weighted by Gasteiger charge is 2.20. The molecule has 0 saturated heterocycles. The summed E-state index contributed by atoms with van der Waals surface area (Å²) in [5.74, 6) is 1.16. The highest BCUT2D eigenvalue weighted by molar-refractivity contribution is 5.75. The molecule has 1 aliphatic rings. The Morgan fingerprint density at radius 2 is 2.06 bits per heavy atom. The zero-order valence-electron chi connectivity index (χ0n) is 10.7. The number of carbonyl (C=O) groups excluding carboxylic acids is 1. The molecule has 1 aliphatic carbocycles. The molecular formula is C13H25NO2. The summed E-state index contributed by atoms with van der Waals surface area (Å²) >= 11 is 0. The van der Waals surface area contributed by atoms with Gasteiger partial charge < -0.3 is 14.4 Å². The van der Waals surface area contributed by atoms with Crippen LogP contribution in [0, 0.1) is 5.92 Å². The van der Waals surface area contributed by atoms with Gasteiger partial charge in [-0.15, -0.1) is 0 Å². The fraction of sp³-hybridized carbons (Fsp3) is 0.923. The van der Waals surface area contributed by atoms with Crippen LogP contribution in [0.25, 0.3) is 0 Å². The summed E-state index contributed by atoms with van der Waals surface area (Å²) in [7, 11) is 2.12. The van der Waals surface area contributed by atoms with Gasteiger partial charge in [-0.3, -0.25) is 0 Å². The van der Waals surface area contributed by atoms with Gasteiger partial charge in [0, 0.05) is 19.6 Å². The first kappa shape index (κ1) is 13.7. The minimum absolute atomic E-state index is 0.301. The number of hydrogen-bond acceptors (Lipinski definition) is 3. The maximum atomic E-state index is 10.7. The van der Waals surface area contributed by atoms with Gasteiger partial charge in [0.05, 0.1) is 6.61 Å². The van der Waals surface area contributed by atoms with Crippen LogP contribution in [0.15, 0.2) is 0 Å². The van der Waals surface area contributed by atoms with Crippen molar-refractivity contribution in [2.24, 2.45) is 5.92 Å². The summed E-state index contributed by atoms with van der Waals surface area (Å²) < 4.78 is 5.58. The first-order valence-corrected chi connectivity index (χ1v) is 6.44. The van der Waals surface area contributed by atoms with Crippen LogP contribution in [0.1, 0.15) is 39.0 Å². The monoisotopic (exact) mass is 227 g/mol. The average Bonchev–Trinajstić information content (AvgIpc) is 3.03. The van der Waals surface area contributed by atoms with Crippen LogP contribution in [0.5, 0.6) is 0 Å². The van der Waals surface area contributed by atoms with Crippen LogP contribution in [-0.4, -0.2) is 44.0 Å². The second kappa shape index (κ2) is 7.80. The van der Waals surface area contributed by atoms with Crippen LogP contribution < -0.4 is 0 Å². The molecule has 3 heteroatoms. The number of unbranched alkanes of at least 4 members (excludes halogenated alkanes) is 1. The van der Waals surface area contributed by atoms with Gasteiger partial charge in [-0.05, 0) is 52.1 Å². The molecule has 94 valence electrons. The van der Waals surface area contributed by atoms with Gasteiger partial charge in [0.2, 0.25) is 0 Å². The van der Waals surface area contributed by atoms with E-state index in [9.17, 15) is 4.79 Å². The van der Waals surface area contributed by atoms with E-state index >= 15 is 0 Å². The van der Waals surface area contributed by atoms with Gasteiger partial charge in [0.1, 0.15) is 5.78 Å². The first-order chi connectivity index (χ1) is 7.68. The molecular weight excluding hydrogens is 202 g/mol. The normalized spacial score (nSPS) is 15.7. The highest BCUT2D eigenvalue weighted by Crippen LogP contribution is 2.28. The molecule has 0 heterocycles. The van der Waals surface area contributed by atoms with Crippen molar-refractivity contribution in [2.45, 2.75) is 39.0 Å². The number of nitrogens with zero attached hydrogens (tertiary/aromatic N) is 1. The first-order valence-electron chi connectivity index (χ1n) is 6.44. The minimum atomic E-state index is 0.301. The molecule has 0 aliphatic heterocycles. The summed E-state index contributed by atoms with van der Waals surface area (Å²) in [5.41, 5.74) is 0. The molecule has 0 amide bonds. The second-order valence-electron chi connectivity index (χ2n) is 4.98. The number of Topliss-reactive ketones (excluding diaryl/α,β-unsaturated/α-hetero) is 1. The maximum Gasteiger partial charge on any atom is 0.129 e. The van der Waals surface area contributed by atoms with E-state index in [2.05, 4.69) is 11.9 Å². The Morgan fingerprint density at radius 3 is 2.69 bits per heavy atom. The standard InChI is InChI=1S/C13H25NO2/c1-12(15)5-3-4-8-14(2)9-10-16-11-13-6-7-13/h13H,3-11H2,1-2H3.